The van der Waals surface area contributed by atoms with Gasteiger partial charge in [-0.05, 0) is 24.1 Å². The molecule has 2 heterocycles. The molecule has 2 N–H and O–H groups in total. The predicted octanol–water partition coefficient (Wildman–Crippen LogP) is 4.24. The van der Waals surface area contributed by atoms with Crippen molar-refractivity contribution >= 4 is 23.3 Å². The van der Waals surface area contributed by atoms with Crippen LogP contribution < -0.4 is 10.1 Å². The Hall–Kier alpha value is -2.73. The lowest BCUT2D eigenvalue weighted by molar-refractivity contribution is 0.102. The monoisotopic (exact) mass is 358 g/mol. The largest absolute Gasteiger partial charge is 0.496 e. The highest BCUT2D eigenvalue weighted by atomic mass is 35.5. The van der Waals surface area contributed by atoms with E-state index in [9.17, 15) is 4.79 Å². The van der Waals surface area contributed by atoms with E-state index in [0.717, 1.165) is 11.4 Å². The predicted molar refractivity (Wildman–Crippen MR) is 98.0 cm³/mol. The van der Waals surface area contributed by atoms with Gasteiger partial charge in [-0.1, -0.05) is 25.4 Å². The summed E-state index contributed by atoms with van der Waals surface area (Å²) in [7, 11) is 1.52. The van der Waals surface area contributed by atoms with Crippen molar-refractivity contribution in [1.29, 1.82) is 0 Å². The van der Waals surface area contributed by atoms with Crippen LogP contribution in [0, 0.1) is 0 Å². The first-order valence-electron chi connectivity index (χ1n) is 7.87. The first-order valence-corrected chi connectivity index (χ1v) is 8.25. The fraction of sp³-hybridized carbons (Fsp3) is 0.222. The van der Waals surface area contributed by atoms with Gasteiger partial charge in [0, 0.05) is 30.2 Å². The molecule has 0 aliphatic carbocycles. The number of H-pyrrole nitrogens is 1. The maximum Gasteiger partial charge on any atom is 0.260 e. The van der Waals surface area contributed by atoms with Crippen molar-refractivity contribution in [3.05, 3.63) is 59.0 Å². The number of hydrogen-bond acceptors (Lipinski definition) is 3. The fourth-order valence-corrected chi connectivity index (χ4v) is 2.72. The molecule has 3 rings (SSSR count). The third kappa shape index (κ3) is 3.53. The summed E-state index contributed by atoms with van der Waals surface area (Å²) < 4.78 is 7.24. The van der Waals surface area contributed by atoms with Gasteiger partial charge in [-0.25, -0.2) is 0 Å². The van der Waals surface area contributed by atoms with E-state index in [2.05, 4.69) is 15.5 Å². The maximum atomic E-state index is 12.6. The molecular formula is C18H19ClN4O2. The average molecular weight is 359 g/mol. The van der Waals surface area contributed by atoms with Crippen LogP contribution in [-0.4, -0.2) is 27.8 Å². The minimum atomic E-state index is -0.334. The summed E-state index contributed by atoms with van der Waals surface area (Å²) in [4.78, 5) is 12.6. The van der Waals surface area contributed by atoms with E-state index in [0.29, 0.717) is 28.1 Å². The molecular weight excluding hydrogens is 340 g/mol. The number of nitrogens with zero attached hydrogens (tertiary/aromatic N) is 2. The Kier molecular flexibility index (Phi) is 4.81. The zero-order chi connectivity index (χ0) is 18.0. The fourth-order valence-electron chi connectivity index (χ4n) is 2.46. The smallest absolute Gasteiger partial charge is 0.260 e. The molecule has 0 aliphatic rings. The van der Waals surface area contributed by atoms with Crippen molar-refractivity contribution in [3.63, 3.8) is 0 Å². The average Bonchev–Trinajstić information content (AvgIpc) is 3.26. The number of rotatable bonds is 5. The molecule has 7 heteroatoms. The van der Waals surface area contributed by atoms with Crippen molar-refractivity contribution in [2.24, 2.45) is 0 Å². The number of anilines is 1. The van der Waals surface area contributed by atoms with Crippen LogP contribution in [0.1, 0.15) is 35.8 Å². The van der Waals surface area contributed by atoms with Gasteiger partial charge < -0.3 is 14.6 Å². The second kappa shape index (κ2) is 7.03. The maximum absolute atomic E-state index is 12.6. The Morgan fingerprint density at radius 1 is 1.28 bits per heavy atom. The van der Waals surface area contributed by atoms with Gasteiger partial charge in [-0.15, -0.1) is 0 Å². The summed E-state index contributed by atoms with van der Waals surface area (Å²) >= 11 is 6.36. The van der Waals surface area contributed by atoms with Crippen LogP contribution in [0.15, 0.2) is 42.7 Å². The van der Waals surface area contributed by atoms with Crippen LogP contribution in [0.4, 0.5) is 5.82 Å². The summed E-state index contributed by atoms with van der Waals surface area (Å²) in [5.41, 5.74) is 2.03. The quantitative estimate of drug-likeness (QED) is 0.716. The molecule has 0 spiro atoms. The number of carbonyl (C=O) groups is 1. The highest BCUT2D eigenvalue weighted by molar-refractivity contribution is 6.33. The van der Waals surface area contributed by atoms with Crippen molar-refractivity contribution in [1.82, 2.24) is 14.8 Å². The number of aromatic amines is 1. The Balaban J connectivity index is 1.90. The number of carbonyl (C=O) groups excluding carboxylic acids is 1. The molecule has 0 saturated heterocycles. The third-order valence-electron chi connectivity index (χ3n) is 3.86. The molecule has 1 aromatic carbocycles. The number of ether oxygens (including phenoxy) is 1. The second-order valence-electron chi connectivity index (χ2n) is 5.91. The van der Waals surface area contributed by atoms with Crippen LogP contribution in [0.25, 0.3) is 5.69 Å². The number of benzene rings is 1. The van der Waals surface area contributed by atoms with Crippen LogP contribution in [-0.2, 0) is 0 Å². The van der Waals surface area contributed by atoms with Crippen LogP contribution in [0.2, 0.25) is 5.02 Å². The SMILES string of the molecule is COc1cc(-n2cccc2)c(Cl)cc1C(=O)Nc1cc(C(C)C)[nH]n1. The second-order valence-corrected chi connectivity index (χ2v) is 6.32. The molecule has 1 amide bonds. The molecule has 0 bridgehead atoms. The molecule has 130 valence electrons. The molecule has 25 heavy (non-hydrogen) atoms. The third-order valence-corrected chi connectivity index (χ3v) is 4.16. The van der Waals surface area contributed by atoms with Crippen LogP contribution in [0.3, 0.4) is 0 Å². The molecule has 6 nitrogen and oxygen atoms in total. The lowest BCUT2D eigenvalue weighted by Crippen LogP contribution is -2.14. The Bertz CT molecular complexity index is 885. The Morgan fingerprint density at radius 2 is 2.00 bits per heavy atom. The van der Waals surface area contributed by atoms with E-state index in [1.807, 2.05) is 49.0 Å². The van der Waals surface area contributed by atoms with Crippen molar-refractivity contribution in [2.45, 2.75) is 19.8 Å². The molecule has 0 radical (unpaired) electrons. The number of methoxy groups -OCH3 is 1. The Labute approximate surface area is 150 Å². The number of aromatic nitrogens is 3. The topological polar surface area (TPSA) is 71.9 Å². The van der Waals surface area contributed by atoms with Gasteiger partial charge in [0.15, 0.2) is 5.82 Å². The molecule has 3 aromatic rings. The molecule has 2 aromatic heterocycles. The van der Waals surface area contributed by atoms with Gasteiger partial charge >= 0.3 is 0 Å². The van der Waals surface area contributed by atoms with Gasteiger partial charge in [0.2, 0.25) is 0 Å². The van der Waals surface area contributed by atoms with Gasteiger partial charge in [-0.2, -0.15) is 5.10 Å². The van der Waals surface area contributed by atoms with Crippen molar-refractivity contribution in [2.75, 3.05) is 12.4 Å². The minimum absolute atomic E-state index is 0.294. The summed E-state index contributed by atoms with van der Waals surface area (Å²) in [6, 6.07) is 8.94. The number of nitrogens with one attached hydrogen (secondary N) is 2. The van der Waals surface area contributed by atoms with E-state index >= 15 is 0 Å². The minimum Gasteiger partial charge on any atom is -0.496 e. The first-order chi connectivity index (χ1) is 12.0. The van der Waals surface area contributed by atoms with E-state index in [-0.39, 0.29) is 5.91 Å². The summed E-state index contributed by atoms with van der Waals surface area (Å²) in [6.07, 6.45) is 3.75. The highest BCUT2D eigenvalue weighted by Crippen LogP contribution is 2.30. The summed E-state index contributed by atoms with van der Waals surface area (Å²) in [5, 5.41) is 10.2. The highest BCUT2D eigenvalue weighted by Gasteiger charge is 2.18. The molecule has 0 unspecified atom stereocenters. The summed E-state index contributed by atoms with van der Waals surface area (Å²) in [6.45, 7) is 4.09. The number of hydrogen-bond donors (Lipinski definition) is 2. The summed E-state index contributed by atoms with van der Waals surface area (Å²) in [5.74, 6) is 0.856. The van der Waals surface area contributed by atoms with E-state index < -0.39 is 0 Å². The Morgan fingerprint density at radius 3 is 2.60 bits per heavy atom. The lowest BCUT2D eigenvalue weighted by atomic mass is 10.1. The van der Waals surface area contributed by atoms with Gasteiger partial charge in [-0.3, -0.25) is 9.89 Å². The van der Waals surface area contributed by atoms with Crippen molar-refractivity contribution < 1.29 is 9.53 Å². The van der Waals surface area contributed by atoms with Crippen molar-refractivity contribution in [3.8, 4) is 11.4 Å². The van der Waals surface area contributed by atoms with Crippen LogP contribution >= 0.6 is 11.6 Å². The molecule has 0 fully saturated rings. The normalized spacial score (nSPS) is 10.9. The van der Waals surface area contributed by atoms with Crippen LogP contribution in [0.5, 0.6) is 5.75 Å². The number of halogens is 1. The first kappa shape index (κ1) is 17.1. The zero-order valence-corrected chi connectivity index (χ0v) is 15.0. The molecule has 0 atom stereocenters. The van der Waals surface area contributed by atoms with E-state index in [1.54, 1.807) is 12.1 Å². The standard InChI is InChI=1S/C18H19ClN4O2/c1-11(2)14-9-17(22-21-14)20-18(24)12-8-13(19)15(10-16(12)25-3)23-6-4-5-7-23/h4-11H,1-3H3,(H2,20,21,22,24). The zero-order valence-electron chi connectivity index (χ0n) is 14.2. The van der Waals surface area contributed by atoms with Gasteiger partial charge in [0.1, 0.15) is 5.75 Å². The lowest BCUT2D eigenvalue weighted by Gasteiger charge is -2.13. The molecule has 0 aliphatic heterocycles. The molecule has 0 saturated carbocycles. The van der Waals surface area contributed by atoms with Gasteiger partial charge in [0.05, 0.1) is 23.4 Å². The number of amides is 1. The van der Waals surface area contributed by atoms with E-state index in [4.69, 9.17) is 16.3 Å². The van der Waals surface area contributed by atoms with Gasteiger partial charge in [0.25, 0.3) is 5.91 Å². The van der Waals surface area contributed by atoms with E-state index in [1.165, 1.54) is 7.11 Å².